The van der Waals surface area contributed by atoms with Gasteiger partial charge in [-0.25, -0.2) is 0 Å². The van der Waals surface area contributed by atoms with E-state index in [-0.39, 0.29) is 17.7 Å². The number of para-hydroxylation sites is 1. The molecule has 0 atom stereocenters. The van der Waals surface area contributed by atoms with E-state index < -0.39 is 0 Å². The summed E-state index contributed by atoms with van der Waals surface area (Å²) in [5.41, 5.74) is 2.31. The van der Waals surface area contributed by atoms with Gasteiger partial charge in [0.25, 0.3) is 5.91 Å². The molecule has 0 aliphatic heterocycles. The number of hydrogen-bond acceptors (Lipinski definition) is 5. The normalized spacial score (nSPS) is 10.6. The minimum absolute atomic E-state index is 0.0582. The third-order valence-corrected chi connectivity index (χ3v) is 3.68. The van der Waals surface area contributed by atoms with Crippen molar-refractivity contribution in [3.8, 4) is 5.69 Å². The standard InChI is InChI=1S/C18H18N6O2/c1-12(2)17(25)20-13-7-9-14(10-8-13)21-18(26)15-5-3-4-6-16(15)24-11-19-22-23-24/h3-12H,1-2H3,(H,20,25)(H,21,26). The Hall–Kier alpha value is -3.55. The van der Waals surface area contributed by atoms with Gasteiger partial charge in [-0.1, -0.05) is 26.0 Å². The minimum atomic E-state index is -0.282. The number of anilines is 2. The molecule has 3 rings (SSSR count). The Kier molecular flexibility index (Phi) is 5.02. The van der Waals surface area contributed by atoms with Crippen molar-refractivity contribution in [3.05, 3.63) is 60.4 Å². The van der Waals surface area contributed by atoms with Crippen LogP contribution in [0.1, 0.15) is 24.2 Å². The molecular formula is C18H18N6O2. The number of carbonyl (C=O) groups excluding carboxylic acids is 2. The first-order chi connectivity index (χ1) is 12.5. The molecule has 0 saturated carbocycles. The molecule has 2 N–H and O–H groups in total. The minimum Gasteiger partial charge on any atom is -0.326 e. The lowest BCUT2D eigenvalue weighted by Crippen LogP contribution is -2.18. The number of benzene rings is 2. The van der Waals surface area contributed by atoms with E-state index in [9.17, 15) is 9.59 Å². The molecule has 3 aromatic rings. The lowest BCUT2D eigenvalue weighted by Gasteiger charge is -2.11. The van der Waals surface area contributed by atoms with Gasteiger partial charge in [-0.2, -0.15) is 4.68 Å². The second kappa shape index (κ2) is 7.56. The highest BCUT2D eigenvalue weighted by molar-refractivity contribution is 6.06. The molecule has 8 nitrogen and oxygen atoms in total. The second-order valence-corrected chi connectivity index (χ2v) is 5.95. The van der Waals surface area contributed by atoms with Crippen LogP contribution in [0, 0.1) is 5.92 Å². The number of nitrogens with one attached hydrogen (secondary N) is 2. The average Bonchev–Trinajstić information content (AvgIpc) is 3.17. The van der Waals surface area contributed by atoms with Crippen LogP contribution in [-0.4, -0.2) is 32.0 Å². The van der Waals surface area contributed by atoms with Gasteiger partial charge in [0.15, 0.2) is 0 Å². The molecule has 1 aromatic heterocycles. The predicted octanol–water partition coefficient (Wildman–Crippen LogP) is 2.51. The first-order valence-corrected chi connectivity index (χ1v) is 8.09. The van der Waals surface area contributed by atoms with Crippen molar-refractivity contribution in [1.29, 1.82) is 0 Å². The molecule has 0 bridgehead atoms. The Bertz CT molecular complexity index is 904. The van der Waals surface area contributed by atoms with E-state index >= 15 is 0 Å². The van der Waals surface area contributed by atoms with Crippen LogP contribution in [0.15, 0.2) is 54.9 Å². The van der Waals surface area contributed by atoms with Crippen LogP contribution in [0.25, 0.3) is 5.69 Å². The summed E-state index contributed by atoms with van der Waals surface area (Å²) in [7, 11) is 0. The van der Waals surface area contributed by atoms with Gasteiger partial charge in [-0.15, -0.1) is 5.10 Å². The fraction of sp³-hybridized carbons (Fsp3) is 0.167. The number of amides is 2. The maximum Gasteiger partial charge on any atom is 0.257 e. The zero-order valence-electron chi connectivity index (χ0n) is 14.4. The highest BCUT2D eigenvalue weighted by atomic mass is 16.2. The third-order valence-electron chi connectivity index (χ3n) is 3.68. The van der Waals surface area contributed by atoms with Gasteiger partial charge in [0.1, 0.15) is 6.33 Å². The van der Waals surface area contributed by atoms with Crippen LogP contribution in [0.2, 0.25) is 0 Å². The number of carbonyl (C=O) groups is 2. The summed E-state index contributed by atoms with van der Waals surface area (Å²) in [5, 5.41) is 16.6. The predicted molar refractivity (Wildman–Crippen MR) is 97.0 cm³/mol. The van der Waals surface area contributed by atoms with Crippen molar-refractivity contribution in [2.24, 2.45) is 5.92 Å². The molecule has 8 heteroatoms. The summed E-state index contributed by atoms with van der Waals surface area (Å²) in [6, 6.07) is 14.0. The maximum absolute atomic E-state index is 12.6. The highest BCUT2D eigenvalue weighted by Gasteiger charge is 2.13. The zero-order chi connectivity index (χ0) is 18.5. The van der Waals surface area contributed by atoms with Crippen LogP contribution < -0.4 is 10.6 Å². The van der Waals surface area contributed by atoms with Crippen molar-refractivity contribution in [2.75, 3.05) is 10.6 Å². The van der Waals surface area contributed by atoms with E-state index in [1.54, 1.807) is 48.5 Å². The maximum atomic E-state index is 12.6. The summed E-state index contributed by atoms with van der Waals surface area (Å²) >= 11 is 0. The summed E-state index contributed by atoms with van der Waals surface area (Å²) in [6.45, 7) is 3.65. The van der Waals surface area contributed by atoms with E-state index in [4.69, 9.17) is 0 Å². The van der Waals surface area contributed by atoms with Gasteiger partial charge in [0.05, 0.1) is 11.3 Å². The molecular weight excluding hydrogens is 332 g/mol. The Morgan fingerprint density at radius 1 is 0.962 bits per heavy atom. The van der Waals surface area contributed by atoms with Gasteiger partial charge in [0.2, 0.25) is 5.91 Å². The molecule has 132 valence electrons. The summed E-state index contributed by atoms with van der Waals surface area (Å²) in [5.74, 6) is -0.440. The van der Waals surface area contributed by atoms with E-state index in [1.165, 1.54) is 11.0 Å². The topological polar surface area (TPSA) is 102 Å². The van der Waals surface area contributed by atoms with E-state index in [1.807, 2.05) is 13.8 Å². The molecule has 0 aliphatic rings. The lowest BCUT2D eigenvalue weighted by atomic mass is 10.1. The molecule has 2 aromatic carbocycles. The Balaban J connectivity index is 1.74. The van der Waals surface area contributed by atoms with Gasteiger partial charge in [0, 0.05) is 17.3 Å². The van der Waals surface area contributed by atoms with Gasteiger partial charge >= 0.3 is 0 Å². The molecule has 0 aliphatic carbocycles. The van der Waals surface area contributed by atoms with Crippen LogP contribution in [0.3, 0.4) is 0 Å². The monoisotopic (exact) mass is 350 g/mol. The van der Waals surface area contributed by atoms with Gasteiger partial charge in [-0.3, -0.25) is 9.59 Å². The third kappa shape index (κ3) is 3.92. The number of tetrazole rings is 1. The Morgan fingerprint density at radius 2 is 1.62 bits per heavy atom. The van der Waals surface area contributed by atoms with E-state index in [0.717, 1.165) is 0 Å². The van der Waals surface area contributed by atoms with Gasteiger partial charge < -0.3 is 10.6 Å². The van der Waals surface area contributed by atoms with Crippen LogP contribution >= 0.6 is 0 Å². The van der Waals surface area contributed by atoms with Gasteiger partial charge in [-0.05, 0) is 46.8 Å². The number of hydrogen-bond donors (Lipinski definition) is 2. The summed E-state index contributed by atoms with van der Waals surface area (Å²) < 4.78 is 1.43. The van der Waals surface area contributed by atoms with E-state index in [2.05, 4.69) is 26.2 Å². The zero-order valence-corrected chi connectivity index (χ0v) is 14.4. The SMILES string of the molecule is CC(C)C(=O)Nc1ccc(NC(=O)c2ccccc2-n2cnnn2)cc1. The largest absolute Gasteiger partial charge is 0.326 e. The quantitative estimate of drug-likeness (QED) is 0.736. The first kappa shape index (κ1) is 17.3. The number of rotatable bonds is 5. The van der Waals surface area contributed by atoms with Crippen molar-refractivity contribution >= 4 is 23.2 Å². The lowest BCUT2D eigenvalue weighted by molar-refractivity contribution is -0.118. The molecule has 2 amide bonds. The van der Waals surface area contributed by atoms with Crippen LogP contribution in [-0.2, 0) is 4.79 Å². The van der Waals surface area contributed by atoms with Crippen LogP contribution in [0.5, 0.6) is 0 Å². The van der Waals surface area contributed by atoms with Crippen molar-refractivity contribution < 1.29 is 9.59 Å². The summed E-state index contributed by atoms with van der Waals surface area (Å²) in [6.07, 6.45) is 1.43. The second-order valence-electron chi connectivity index (χ2n) is 5.95. The molecule has 26 heavy (non-hydrogen) atoms. The number of aromatic nitrogens is 4. The smallest absolute Gasteiger partial charge is 0.257 e. The van der Waals surface area contributed by atoms with Crippen LogP contribution in [0.4, 0.5) is 11.4 Å². The summed E-state index contributed by atoms with van der Waals surface area (Å²) in [4.78, 5) is 24.3. The fourth-order valence-electron chi connectivity index (χ4n) is 2.26. The molecule has 0 fully saturated rings. The molecule has 1 heterocycles. The van der Waals surface area contributed by atoms with Crippen molar-refractivity contribution in [3.63, 3.8) is 0 Å². The fourth-order valence-corrected chi connectivity index (χ4v) is 2.26. The molecule has 0 unspecified atom stereocenters. The molecule has 0 spiro atoms. The molecule has 0 saturated heterocycles. The number of nitrogens with zero attached hydrogens (tertiary/aromatic N) is 4. The van der Waals surface area contributed by atoms with Crippen molar-refractivity contribution in [2.45, 2.75) is 13.8 Å². The van der Waals surface area contributed by atoms with E-state index in [0.29, 0.717) is 22.6 Å². The Labute approximate surface area is 150 Å². The highest BCUT2D eigenvalue weighted by Crippen LogP contribution is 2.18. The Morgan fingerprint density at radius 3 is 2.23 bits per heavy atom. The molecule has 0 radical (unpaired) electrons. The van der Waals surface area contributed by atoms with Crippen molar-refractivity contribution in [1.82, 2.24) is 20.2 Å². The average molecular weight is 350 g/mol. The first-order valence-electron chi connectivity index (χ1n) is 8.09.